The van der Waals surface area contributed by atoms with Crippen molar-refractivity contribution in [3.8, 4) is 11.3 Å². The summed E-state index contributed by atoms with van der Waals surface area (Å²) in [4.78, 5) is 11.3. The van der Waals surface area contributed by atoms with Gasteiger partial charge in [-0.15, -0.1) is 0 Å². The number of rotatable bonds is 4. The molecule has 0 saturated carbocycles. The van der Waals surface area contributed by atoms with Gasteiger partial charge in [-0.25, -0.2) is 9.97 Å². The third-order valence-electron chi connectivity index (χ3n) is 4.47. The minimum Gasteiger partial charge on any atom is -0.378 e. The fourth-order valence-electron chi connectivity index (χ4n) is 3.09. The van der Waals surface area contributed by atoms with Crippen molar-refractivity contribution >= 4 is 17.3 Å². The van der Waals surface area contributed by atoms with Crippen molar-refractivity contribution in [1.29, 1.82) is 0 Å². The second-order valence-electron chi connectivity index (χ2n) is 6.41. The van der Waals surface area contributed by atoms with E-state index in [1.54, 1.807) is 6.20 Å². The Hall–Kier alpha value is -2.92. The molecule has 132 valence electrons. The number of aryl methyl sites for hydroxylation is 1. The van der Waals surface area contributed by atoms with Gasteiger partial charge in [0.2, 0.25) is 5.95 Å². The van der Waals surface area contributed by atoms with Gasteiger partial charge >= 0.3 is 0 Å². The van der Waals surface area contributed by atoms with Crippen LogP contribution in [0.4, 0.5) is 17.3 Å². The average molecular weight is 346 g/mol. The fraction of sp³-hybridized carbons (Fsp3) is 0.238. The van der Waals surface area contributed by atoms with Crippen LogP contribution in [0, 0.1) is 6.92 Å². The van der Waals surface area contributed by atoms with E-state index in [0.29, 0.717) is 5.95 Å². The lowest BCUT2D eigenvalue weighted by atomic mass is 10.1. The Bertz CT molecular complexity index is 873. The van der Waals surface area contributed by atoms with Crippen LogP contribution >= 0.6 is 0 Å². The largest absolute Gasteiger partial charge is 0.378 e. The summed E-state index contributed by atoms with van der Waals surface area (Å²) in [5, 5.41) is 3.29. The number of hydrogen-bond donors (Lipinski definition) is 1. The first kappa shape index (κ1) is 16.5. The average Bonchev–Trinajstić information content (AvgIpc) is 2.69. The molecular weight excluding hydrogens is 324 g/mol. The highest BCUT2D eigenvalue weighted by molar-refractivity contribution is 5.63. The summed E-state index contributed by atoms with van der Waals surface area (Å²) in [5.41, 5.74) is 5.42. The molecule has 0 bridgehead atoms. The predicted octanol–water partition coefficient (Wildman–Crippen LogP) is 4.03. The zero-order valence-electron chi connectivity index (χ0n) is 14.9. The normalized spacial score (nSPS) is 14.3. The molecule has 0 radical (unpaired) electrons. The van der Waals surface area contributed by atoms with Crippen LogP contribution in [0.2, 0.25) is 0 Å². The fourth-order valence-corrected chi connectivity index (χ4v) is 3.09. The molecule has 0 unspecified atom stereocenters. The van der Waals surface area contributed by atoms with Crippen molar-refractivity contribution in [1.82, 2.24) is 9.97 Å². The Morgan fingerprint density at radius 3 is 2.58 bits per heavy atom. The minimum absolute atomic E-state index is 0.600. The van der Waals surface area contributed by atoms with Crippen LogP contribution < -0.4 is 10.2 Å². The van der Waals surface area contributed by atoms with Gasteiger partial charge in [0, 0.05) is 36.2 Å². The number of ether oxygens (including phenoxy) is 1. The van der Waals surface area contributed by atoms with E-state index in [4.69, 9.17) is 4.74 Å². The summed E-state index contributed by atoms with van der Waals surface area (Å²) in [6, 6.07) is 18.6. The van der Waals surface area contributed by atoms with Crippen molar-refractivity contribution in [3.05, 3.63) is 66.4 Å². The second-order valence-corrected chi connectivity index (χ2v) is 6.41. The van der Waals surface area contributed by atoms with E-state index in [1.165, 1.54) is 11.3 Å². The predicted molar refractivity (Wildman–Crippen MR) is 105 cm³/mol. The maximum Gasteiger partial charge on any atom is 0.227 e. The molecule has 5 nitrogen and oxygen atoms in total. The number of benzene rings is 2. The molecule has 3 aromatic rings. The molecular formula is C21H22N4O. The standard InChI is InChI=1S/C21H22N4O/c1-16-3-2-4-17(15-16)20-9-10-22-21(24-20)23-18-5-7-19(8-6-18)25-11-13-26-14-12-25/h2-10,15H,11-14H2,1H3,(H,22,23,24). The smallest absolute Gasteiger partial charge is 0.227 e. The van der Waals surface area contributed by atoms with Gasteiger partial charge < -0.3 is 15.0 Å². The SMILES string of the molecule is Cc1cccc(-c2ccnc(Nc3ccc(N4CCOCC4)cc3)n2)c1. The lowest BCUT2D eigenvalue weighted by molar-refractivity contribution is 0.122. The van der Waals surface area contributed by atoms with E-state index >= 15 is 0 Å². The molecule has 0 amide bonds. The van der Waals surface area contributed by atoms with Gasteiger partial charge in [0.05, 0.1) is 18.9 Å². The van der Waals surface area contributed by atoms with E-state index in [0.717, 1.165) is 43.2 Å². The Balaban J connectivity index is 1.49. The number of aromatic nitrogens is 2. The van der Waals surface area contributed by atoms with Crippen molar-refractivity contribution in [2.24, 2.45) is 0 Å². The lowest BCUT2D eigenvalue weighted by Crippen LogP contribution is -2.36. The number of anilines is 3. The van der Waals surface area contributed by atoms with Crippen molar-refractivity contribution in [2.75, 3.05) is 36.5 Å². The Morgan fingerprint density at radius 2 is 1.81 bits per heavy atom. The Morgan fingerprint density at radius 1 is 1.00 bits per heavy atom. The van der Waals surface area contributed by atoms with Gasteiger partial charge in [0.1, 0.15) is 0 Å². The number of nitrogens with one attached hydrogen (secondary N) is 1. The third kappa shape index (κ3) is 3.83. The zero-order valence-corrected chi connectivity index (χ0v) is 14.9. The summed E-state index contributed by atoms with van der Waals surface area (Å²) in [6.07, 6.45) is 1.79. The van der Waals surface area contributed by atoms with Crippen LogP contribution in [0.3, 0.4) is 0 Å². The highest BCUT2D eigenvalue weighted by Crippen LogP contribution is 2.22. The van der Waals surface area contributed by atoms with Crippen molar-refractivity contribution < 1.29 is 4.74 Å². The summed E-state index contributed by atoms with van der Waals surface area (Å²) in [7, 11) is 0. The molecule has 1 N–H and O–H groups in total. The number of morpholine rings is 1. The van der Waals surface area contributed by atoms with E-state index < -0.39 is 0 Å². The van der Waals surface area contributed by atoms with E-state index in [1.807, 2.05) is 12.1 Å². The first-order valence-corrected chi connectivity index (χ1v) is 8.88. The van der Waals surface area contributed by atoms with E-state index in [-0.39, 0.29) is 0 Å². The van der Waals surface area contributed by atoms with E-state index in [2.05, 4.69) is 69.6 Å². The van der Waals surface area contributed by atoms with Crippen LogP contribution in [0.5, 0.6) is 0 Å². The zero-order chi connectivity index (χ0) is 17.8. The molecule has 5 heteroatoms. The quantitative estimate of drug-likeness (QED) is 0.773. The van der Waals surface area contributed by atoms with Crippen LogP contribution in [-0.2, 0) is 4.74 Å². The maximum absolute atomic E-state index is 5.41. The molecule has 1 aliphatic heterocycles. The van der Waals surface area contributed by atoms with Crippen LogP contribution in [0.15, 0.2) is 60.8 Å². The van der Waals surface area contributed by atoms with Crippen molar-refractivity contribution in [3.63, 3.8) is 0 Å². The minimum atomic E-state index is 0.600. The molecule has 0 aliphatic carbocycles. The molecule has 1 fully saturated rings. The Labute approximate surface area is 153 Å². The summed E-state index contributed by atoms with van der Waals surface area (Å²) < 4.78 is 5.41. The second kappa shape index (κ2) is 7.54. The summed E-state index contributed by atoms with van der Waals surface area (Å²) in [6.45, 7) is 5.54. The molecule has 1 aliphatic rings. The first-order chi connectivity index (χ1) is 12.8. The van der Waals surface area contributed by atoms with Crippen LogP contribution in [0.25, 0.3) is 11.3 Å². The lowest BCUT2D eigenvalue weighted by Gasteiger charge is -2.28. The summed E-state index contributed by atoms with van der Waals surface area (Å²) >= 11 is 0. The molecule has 0 atom stereocenters. The third-order valence-corrected chi connectivity index (χ3v) is 4.47. The van der Waals surface area contributed by atoms with Gasteiger partial charge in [-0.1, -0.05) is 23.8 Å². The number of hydrogen-bond acceptors (Lipinski definition) is 5. The molecule has 1 saturated heterocycles. The highest BCUT2D eigenvalue weighted by atomic mass is 16.5. The van der Waals surface area contributed by atoms with Gasteiger partial charge in [-0.05, 0) is 43.3 Å². The molecule has 26 heavy (non-hydrogen) atoms. The van der Waals surface area contributed by atoms with Crippen LogP contribution in [0.1, 0.15) is 5.56 Å². The molecule has 0 spiro atoms. The highest BCUT2D eigenvalue weighted by Gasteiger charge is 2.11. The van der Waals surface area contributed by atoms with Crippen LogP contribution in [-0.4, -0.2) is 36.3 Å². The van der Waals surface area contributed by atoms with E-state index in [9.17, 15) is 0 Å². The summed E-state index contributed by atoms with van der Waals surface area (Å²) in [5.74, 6) is 0.600. The van der Waals surface area contributed by atoms with Gasteiger partial charge in [-0.2, -0.15) is 0 Å². The maximum atomic E-state index is 5.41. The first-order valence-electron chi connectivity index (χ1n) is 8.88. The van der Waals surface area contributed by atoms with Gasteiger partial charge in [0.25, 0.3) is 0 Å². The molecule has 2 heterocycles. The number of nitrogens with zero attached hydrogens (tertiary/aromatic N) is 3. The van der Waals surface area contributed by atoms with Gasteiger partial charge in [0.15, 0.2) is 0 Å². The molecule has 2 aromatic carbocycles. The Kier molecular flexibility index (Phi) is 4.80. The molecule has 1 aromatic heterocycles. The monoisotopic (exact) mass is 346 g/mol. The van der Waals surface area contributed by atoms with Gasteiger partial charge in [-0.3, -0.25) is 0 Å². The molecule has 4 rings (SSSR count). The topological polar surface area (TPSA) is 50.3 Å². The van der Waals surface area contributed by atoms with Crippen molar-refractivity contribution in [2.45, 2.75) is 6.92 Å².